The number of nitrogens with one attached hydrogen (secondary N) is 1. The predicted octanol–water partition coefficient (Wildman–Crippen LogP) is 1.14. The van der Waals surface area contributed by atoms with Gasteiger partial charge in [0.2, 0.25) is 0 Å². The summed E-state index contributed by atoms with van der Waals surface area (Å²) in [7, 11) is 3.13. The van der Waals surface area contributed by atoms with Crippen molar-refractivity contribution in [2.24, 2.45) is 0 Å². The average molecular weight is 264 g/mol. The van der Waals surface area contributed by atoms with Gasteiger partial charge in [-0.2, -0.15) is 0 Å². The lowest BCUT2D eigenvalue weighted by atomic mass is 10.1. The van der Waals surface area contributed by atoms with E-state index in [0.29, 0.717) is 23.6 Å². The zero-order chi connectivity index (χ0) is 13.7. The summed E-state index contributed by atoms with van der Waals surface area (Å²) in [6.07, 6.45) is 0.962. The molecule has 1 heterocycles. The second-order valence-corrected chi connectivity index (χ2v) is 4.43. The minimum atomic E-state index is -0.0296. The Morgan fingerprint density at radius 2 is 1.84 bits per heavy atom. The van der Waals surface area contributed by atoms with Crippen molar-refractivity contribution in [3.05, 3.63) is 23.8 Å². The van der Waals surface area contributed by atoms with Crippen molar-refractivity contribution in [3.63, 3.8) is 0 Å². The molecule has 0 aliphatic carbocycles. The van der Waals surface area contributed by atoms with Crippen LogP contribution >= 0.6 is 0 Å². The molecule has 1 aromatic carbocycles. The number of hydrogen-bond donors (Lipinski definition) is 1. The summed E-state index contributed by atoms with van der Waals surface area (Å²) >= 11 is 0. The van der Waals surface area contributed by atoms with Gasteiger partial charge < -0.3 is 19.7 Å². The molecule has 5 heteroatoms. The van der Waals surface area contributed by atoms with Gasteiger partial charge in [-0.1, -0.05) is 6.07 Å². The van der Waals surface area contributed by atoms with Crippen molar-refractivity contribution in [3.8, 4) is 11.5 Å². The van der Waals surface area contributed by atoms with Crippen molar-refractivity contribution >= 4 is 5.91 Å². The Balaban J connectivity index is 2.30. The van der Waals surface area contributed by atoms with E-state index in [0.717, 1.165) is 26.1 Å². The van der Waals surface area contributed by atoms with Crippen LogP contribution in [0.5, 0.6) is 11.5 Å². The van der Waals surface area contributed by atoms with Crippen molar-refractivity contribution in [1.82, 2.24) is 10.2 Å². The monoisotopic (exact) mass is 264 g/mol. The van der Waals surface area contributed by atoms with Crippen LogP contribution in [-0.4, -0.2) is 51.2 Å². The van der Waals surface area contributed by atoms with Gasteiger partial charge in [-0.3, -0.25) is 4.79 Å². The molecule has 1 amide bonds. The first-order chi connectivity index (χ1) is 9.27. The van der Waals surface area contributed by atoms with Crippen molar-refractivity contribution in [2.45, 2.75) is 6.42 Å². The summed E-state index contributed by atoms with van der Waals surface area (Å²) in [5.74, 6) is 1.08. The molecule has 0 spiro atoms. The number of amides is 1. The van der Waals surface area contributed by atoms with Gasteiger partial charge in [0, 0.05) is 19.6 Å². The Morgan fingerprint density at radius 3 is 2.47 bits per heavy atom. The summed E-state index contributed by atoms with van der Waals surface area (Å²) in [6, 6.07) is 5.38. The van der Waals surface area contributed by atoms with Gasteiger partial charge in [-0.25, -0.2) is 0 Å². The molecule has 104 valence electrons. The predicted molar refractivity (Wildman–Crippen MR) is 72.9 cm³/mol. The summed E-state index contributed by atoms with van der Waals surface area (Å²) in [4.78, 5) is 14.5. The summed E-state index contributed by atoms with van der Waals surface area (Å²) in [5, 5.41) is 3.28. The molecule has 1 aliphatic rings. The molecule has 0 aromatic heterocycles. The van der Waals surface area contributed by atoms with E-state index in [-0.39, 0.29) is 5.91 Å². The number of carbonyl (C=O) groups excluding carboxylic acids is 1. The zero-order valence-corrected chi connectivity index (χ0v) is 11.4. The van der Waals surface area contributed by atoms with Crippen LogP contribution in [0.2, 0.25) is 0 Å². The van der Waals surface area contributed by atoms with Crippen LogP contribution in [0.15, 0.2) is 18.2 Å². The number of nitrogens with zero attached hydrogens (tertiary/aromatic N) is 1. The Bertz CT molecular complexity index is 418. The van der Waals surface area contributed by atoms with Gasteiger partial charge in [-0.05, 0) is 25.1 Å². The minimum absolute atomic E-state index is 0.0296. The maximum atomic E-state index is 12.7. The van der Waals surface area contributed by atoms with Gasteiger partial charge in [0.1, 0.15) is 17.1 Å². The highest BCUT2D eigenvalue weighted by Gasteiger charge is 2.24. The lowest BCUT2D eigenvalue weighted by molar-refractivity contribution is 0.0759. The molecular weight excluding hydrogens is 244 g/mol. The fourth-order valence-corrected chi connectivity index (χ4v) is 2.27. The largest absolute Gasteiger partial charge is 0.496 e. The normalized spacial score (nSPS) is 15.8. The molecule has 0 bridgehead atoms. The molecule has 0 atom stereocenters. The quantitative estimate of drug-likeness (QED) is 0.889. The van der Waals surface area contributed by atoms with Crippen LogP contribution in [0, 0.1) is 0 Å². The van der Waals surface area contributed by atoms with E-state index in [4.69, 9.17) is 9.47 Å². The Morgan fingerprint density at radius 1 is 1.16 bits per heavy atom. The fourth-order valence-electron chi connectivity index (χ4n) is 2.27. The maximum Gasteiger partial charge on any atom is 0.261 e. The van der Waals surface area contributed by atoms with Gasteiger partial charge >= 0.3 is 0 Å². The van der Waals surface area contributed by atoms with Crippen LogP contribution in [-0.2, 0) is 0 Å². The number of ether oxygens (including phenoxy) is 2. The Hall–Kier alpha value is -1.75. The third-order valence-corrected chi connectivity index (χ3v) is 3.27. The molecule has 1 aliphatic heterocycles. The zero-order valence-electron chi connectivity index (χ0n) is 11.4. The first kappa shape index (κ1) is 13.7. The molecular formula is C14H20N2O3. The van der Waals surface area contributed by atoms with Gasteiger partial charge in [0.25, 0.3) is 5.91 Å². The van der Waals surface area contributed by atoms with Gasteiger partial charge in [0.05, 0.1) is 14.2 Å². The molecule has 0 unspecified atom stereocenters. The van der Waals surface area contributed by atoms with E-state index in [1.807, 2.05) is 11.0 Å². The highest BCUT2D eigenvalue weighted by Crippen LogP contribution is 2.29. The second kappa shape index (κ2) is 6.43. The highest BCUT2D eigenvalue weighted by atomic mass is 16.5. The second-order valence-electron chi connectivity index (χ2n) is 4.43. The third-order valence-electron chi connectivity index (χ3n) is 3.27. The maximum absolute atomic E-state index is 12.7. The molecule has 0 radical (unpaired) electrons. The van der Waals surface area contributed by atoms with E-state index < -0.39 is 0 Å². The minimum Gasteiger partial charge on any atom is -0.496 e. The molecule has 19 heavy (non-hydrogen) atoms. The van der Waals surface area contributed by atoms with Gasteiger partial charge in [-0.15, -0.1) is 0 Å². The molecule has 1 saturated heterocycles. The van der Waals surface area contributed by atoms with E-state index in [1.54, 1.807) is 26.4 Å². The van der Waals surface area contributed by atoms with Crippen LogP contribution in [0.3, 0.4) is 0 Å². The Kier molecular flexibility index (Phi) is 4.63. The van der Waals surface area contributed by atoms with Crippen molar-refractivity contribution in [2.75, 3.05) is 40.4 Å². The molecule has 1 fully saturated rings. The van der Waals surface area contributed by atoms with E-state index in [9.17, 15) is 4.79 Å². The van der Waals surface area contributed by atoms with Crippen LogP contribution in [0.25, 0.3) is 0 Å². The summed E-state index contributed by atoms with van der Waals surface area (Å²) in [5.41, 5.74) is 0.509. The van der Waals surface area contributed by atoms with Crippen LogP contribution in [0.1, 0.15) is 16.8 Å². The first-order valence-corrected chi connectivity index (χ1v) is 6.49. The third kappa shape index (κ3) is 2.98. The Labute approximate surface area is 113 Å². The van der Waals surface area contributed by atoms with Crippen LogP contribution in [0.4, 0.5) is 0 Å². The molecule has 5 nitrogen and oxygen atoms in total. The average Bonchev–Trinajstić information content (AvgIpc) is 2.74. The van der Waals surface area contributed by atoms with Crippen molar-refractivity contribution in [1.29, 1.82) is 0 Å². The topological polar surface area (TPSA) is 50.8 Å². The first-order valence-electron chi connectivity index (χ1n) is 6.49. The number of carbonyl (C=O) groups is 1. The summed E-state index contributed by atoms with van der Waals surface area (Å²) < 4.78 is 10.6. The van der Waals surface area contributed by atoms with E-state index in [1.165, 1.54) is 0 Å². The number of benzene rings is 1. The summed E-state index contributed by atoms with van der Waals surface area (Å²) in [6.45, 7) is 3.24. The standard InChI is InChI=1S/C14H20N2O3/c1-18-11-5-3-6-12(19-2)13(11)14(17)16-9-4-7-15-8-10-16/h3,5-6,15H,4,7-10H2,1-2H3. The van der Waals surface area contributed by atoms with E-state index >= 15 is 0 Å². The van der Waals surface area contributed by atoms with Crippen molar-refractivity contribution < 1.29 is 14.3 Å². The molecule has 0 saturated carbocycles. The lowest BCUT2D eigenvalue weighted by Gasteiger charge is -2.22. The van der Waals surface area contributed by atoms with Crippen LogP contribution < -0.4 is 14.8 Å². The molecule has 1 N–H and O–H groups in total. The lowest BCUT2D eigenvalue weighted by Crippen LogP contribution is -2.34. The number of hydrogen-bond acceptors (Lipinski definition) is 4. The fraction of sp³-hybridized carbons (Fsp3) is 0.500. The molecule has 2 rings (SSSR count). The number of methoxy groups -OCH3 is 2. The highest BCUT2D eigenvalue weighted by molar-refractivity contribution is 5.99. The smallest absolute Gasteiger partial charge is 0.261 e. The molecule has 1 aromatic rings. The van der Waals surface area contributed by atoms with E-state index in [2.05, 4.69) is 5.32 Å². The number of rotatable bonds is 3. The van der Waals surface area contributed by atoms with Gasteiger partial charge in [0.15, 0.2) is 0 Å². The SMILES string of the molecule is COc1cccc(OC)c1C(=O)N1CCCNCC1.